The largest absolute Gasteiger partial charge is 0.469 e. The van der Waals surface area contributed by atoms with Crippen LogP contribution in [0.15, 0.2) is 24.3 Å². The molecule has 0 aromatic heterocycles. The Labute approximate surface area is 110 Å². The Morgan fingerprint density at radius 1 is 1.50 bits per heavy atom. The number of hydrogen-bond acceptors (Lipinski definition) is 2. The van der Waals surface area contributed by atoms with Crippen molar-refractivity contribution in [1.29, 1.82) is 0 Å². The van der Waals surface area contributed by atoms with E-state index in [2.05, 4.69) is 26.5 Å². The molecule has 18 heavy (non-hydrogen) atoms. The van der Waals surface area contributed by atoms with Crippen molar-refractivity contribution in [2.75, 3.05) is 7.11 Å². The van der Waals surface area contributed by atoms with Crippen LogP contribution in [0.1, 0.15) is 46.0 Å². The number of hydrogen-bond donors (Lipinski definition) is 0. The van der Waals surface area contributed by atoms with Crippen LogP contribution in [0.25, 0.3) is 0 Å². The average molecular weight is 248 g/mol. The van der Waals surface area contributed by atoms with Gasteiger partial charge in [0.2, 0.25) is 0 Å². The van der Waals surface area contributed by atoms with Crippen molar-refractivity contribution in [3.8, 4) is 0 Å². The third kappa shape index (κ3) is 1.73. The molecular weight excluding hydrogens is 224 g/mol. The van der Waals surface area contributed by atoms with Gasteiger partial charge < -0.3 is 4.74 Å². The van der Waals surface area contributed by atoms with Gasteiger partial charge in [-0.3, -0.25) is 4.79 Å². The van der Waals surface area contributed by atoms with Crippen LogP contribution >= 0.6 is 0 Å². The average Bonchev–Trinajstić information content (AvgIpc) is 2.37. The second-order valence-corrected chi connectivity index (χ2v) is 6.17. The Kier molecular flexibility index (Phi) is 3.39. The molecule has 0 radical (unpaired) electrons. The third-order valence-corrected chi connectivity index (χ3v) is 5.28. The van der Waals surface area contributed by atoms with E-state index in [-0.39, 0.29) is 16.8 Å². The molecule has 0 aliphatic heterocycles. The lowest BCUT2D eigenvalue weighted by Crippen LogP contribution is -2.50. The predicted molar refractivity (Wildman–Crippen MR) is 73.1 cm³/mol. The quantitative estimate of drug-likeness (QED) is 0.693. The maximum atomic E-state index is 12.2. The number of carbonyl (C=O) groups is 1. The van der Waals surface area contributed by atoms with Gasteiger partial charge in [0.15, 0.2) is 0 Å². The number of ether oxygens (including phenoxy) is 1. The summed E-state index contributed by atoms with van der Waals surface area (Å²) in [5.41, 5.74) is 1.10. The number of esters is 1. The van der Waals surface area contributed by atoms with E-state index in [1.54, 1.807) is 0 Å². The van der Waals surface area contributed by atoms with Crippen LogP contribution in [-0.4, -0.2) is 13.1 Å². The smallest absolute Gasteiger partial charge is 0.311 e. The second kappa shape index (κ2) is 4.56. The second-order valence-electron chi connectivity index (χ2n) is 6.17. The molecule has 2 aliphatic rings. The molecule has 0 aromatic carbocycles. The van der Waals surface area contributed by atoms with Crippen LogP contribution in [0.2, 0.25) is 0 Å². The van der Waals surface area contributed by atoms with Crippen molar-refractivity contribution in [2.24, 2.45) is 16.7 Å². The monoisotopic (exact) mass is 248 g/mol. The lowest BCUT2D eigenvalue weighted by molar-refractivity contribution is -0.162. The Hall–Kier alpha value is -1.05. The molecule has 0 saturated heterocycles. The first-order chi connectivity index (χ1) is 8.49. The first-order valence-electron chi connectivity index (χ1n) is 6.90. The molecule has 0 spiro atoms. The molecule has 2 rings (SSSR count). The molecule has 0 N–H and O–H groups in total. The number of allylic oxidation sites excluding steroid dienone is 3. The molecule has 1 fully saturated rings. The SMILES string of the molecule is C=CC1=CCCC2C(C)(C(=O)OC)CCCC12C. The lowest BCUT2D eigenvalue weighted by atomic mass is 9.50. The number of fused-ring (bicyclic) bond motifs is 1. The number of methoxy groups -OCH3 is 1. The van der Waals surface area contributed by atoms with Gasteiger partial charge in [-0.15, -0.1) is 0 Å². The molecule has 0 amide bonds. The maximum Gasteiger partial charge on any atom is 0.311 e. The minimum Gasteiger partial charge on any atom is -0.469 e. The molecule has 0 aromatic rings. The highest BCUT2D eigenvalue weighted by Crippen LogP contribution is 2.58. The Morgan fingerprint density at radius 3 is 2.83 bits per heavy atom. The summed E-state index contributed by atoms with van der Waals surface area (Å²) in [6, 6.07) is 0. The highest BCUT2D eigenvalue weighted by Gasteiger charge is 2.54. The first kappa shape index (κ1) is 13.4. The standard InChI is InChI=1S/C16H24O2/c1-5-12-8-6-9-13-15(12,2)10-7-11-16(13,3)14(17)18-4/h5,8,13H,1,6-7,9-11H2,2-4H3. The molecule has 3 atom stereocenters. The first-order valence-corrected chi connectivity index (χ1v) is 6.90. The van der Waals surface area contributed by atoms with Gasteiger partial charge in [0.1, 0.15) is 0 Å². The summed E-state index contributed by atoms with van der Waals surface area (Å²) >= 11 is 0. The number of rotatable bonds is 2. The Morgan fingerprint density at radius 2 is 2.22 bits per heavy atom. The van der Waals surface area contributed by atoms with Gasteiger partial charge in [-0.1, -0.05) is 32.1 Å². The van der Waals surface area contributed by atoms with Gasteiger partial charge in [-0.05, 0) is 49.5 Å². The van der Waals surface area contributed by atoms with Crippen LogP contribution < -0.4 is 0 Å². The normalized spacial score (nSPS) is 39.5. The van der Waals surface area contributed by atoms with Gasteiger partial charge in [-0.25, -0.2) is 0 Å². The van der Waals surface area contributed by atoms with E-state index in [9.17, 15) is 4.79 Å². The summed E-state index contributed by atoms with van der Waals surface area (Å²) in [6.45, 7) is 8.34. The third-order valence-electron chi connectivity index (χ3n) is 5.28. The summed E-state index contributed by atoms with van der Waals surface area (Å²) in [5, 5.41) is 0. The van der Waals surface area contributed by atoms with Crippen molar-refractivity contribution in [1.82, 2.24) is 0 Å². The zero-order chi connectivity index (χ0) is 13.4. The van der Waals surface area contributed by atoms with Crippen LogP contribution in [0.3, 0.4) is 0 Å². The number of carbonyl (C=O) groups excluding carboxylic acids is 1. The van der Waals surface area contributed by atoms with E-state index in [4.69, 9.17) is 4.74 Å². The van der Waals surface area contributed by atoms with Gasteiger partial charge in [0.25, 0.3) is 0 Å². The van der Waals surface area contributed by atoms with E-state index >= 15 is 0 Å². The fraction of sp³-hybridized carbons (Fsp3) is 0.688. The van der Waals surface area contributed by atoms with E-state index in [0.717, 1.165) is 32.1 Å². The molecule has 3 unspecified atom stereocenters. The van der Waals surface area contributed by atoms with Gasteiger partial charge in [0, 0.05) is 0 Å². The van der Waals surface area contributed by atoms with Crippen molar-refractivity contribution in [3.63, 3.8) is 0 Å². The molecule has 0 bridgehead atoms. The van der Waals surface area contributed by atoms with Gasteiger partial charge in [0.05, 0.1) is 12.5 Å². The predicted octanol–water partition coefficient (Wildman–Crippen LogP) is 3.88. The zero-order valence-corrected chi connectivity index (χ0v) is 11.8. The fourth-order valence-electron chi connectivity index (χ4n) is 4.29. The molecule has 2 aliphatic carbocycles. The van der Waals surface area contributed by atoms with Crippen LogP contribution in [-0.2, 0) is 9.53 Å². The lowest BCUT2D eigenvalue weighted by Gasteiger charge is -2.53. The molecule has 2 heteroatoms. The van der Waals surface area contributed by atoms with Crippen molar-refractivity contribution in [3.05, 3.63) is 24.3 Å². The minimum atomic E-state index is -0.329. The summed E-state index contributed by atoms with van der Waals surface area (Å²) in [6.07, 6.45) is 9.60. The van der Waals surface area contributed by atoms with E-state index < -0.39 is 0 Å². The molecular formula is C16H24O2. The van der Waals surface area contributed by atoms with Crippen molar-refractivity contribution >= 4 is 5.97 Å². The van der Waals surface area contributed by atoms with Crippen LogP contribution in [0.4, 0.5) is 0 Å². The van der Waals surface area contributed by atoms with Crippen molar-refractivity contribution in [2.45, 2.75) is 46.0 Å². The van der Waals surface area contributed by atoms with E-state index in [1.165, 1.54) is 12.7 Å². The molecule has 100 valence electrons. The van der Waals surface area contributed by atoms with Crippen LogP contribution in [0, 0.1) is 16.7 Å². The topological polar surface area (TPSA) is 26.3 Å². The molecule has 0 heterocycles. The van der Waals surface area contributed by atoms with Crippen LogP contribution in [0.5, 0.6) is 0 Å². The summed E-state index contributed by atoms with van der Waals surface area (Å²) in [5.74, 6) is 0.341. The molecule has 2 nitrogen and oxygen atoms in total. The zero-order valence-electron chi connectivity index (χ0n) is 11.8. The van der Waals surface area contributed by atoms with Gasteiger partial charge >= 0.3 is 5.97 Å². The van der Waals surface area contributed by atoms with E-state index in [0.29, 0.717) is 5.92 Å². The molecule has 1 saturated carbocycles. The Balaban J connectivity index is 2.43. The maximum absolute atomic E-state index is 12.2. The highest BCUT2D eigenvalue weighted by molar-refractivity contribution is 5.77. The van der Waals surface area contributed by atoms with Gasteiger partial charge in [-0.2, -0.15) is 0 Å². The minimum absolute atomic E-state index is 0.0382. The summed E-state index contributed by atoms with van der Waals surface area (Å²) in [4.78, 5) is 12.2. The van der Waals surface area contributed by atoms with E-state index in [1.807, 2.05) is 6.08 Å². The summed E-state index contributed by atoms with van der Waals surface area (Å²) in [7, 11) is 1.51. The highest BCUT2D eigenvalue weighted by atomic mass is 16.5. The van der Waals surface area contributed by atoms with Crippen molar-refractivity contribution < 1.29 is 9.53 Å². The Bertz CT molecular complexity index is 396. The fourth-order valence-corrected chi connectivity index (χ4v) is 4.29. The summed E-state index contributed by atoms with van der Waals surface area (Å²) < 4.78 is 5.07.